The Morgan fingerprint density at radius 1 is 0.600 bits per heavy atom. The molecule has 214 valence electrons. The van der Waals surface area contributed by atoms with Crippen LogP contribution in [0.25, 0.3) is 53.3 Å². The van der Waals surface area contributed by atoms with Crippen LogP contribution in [0.1, 0.15) is 17.5 Å². The van der Waals surface area contributed by atoms with Crippen molar-refractivity contribution in [1.82, 2.24) is 0 Å². The summed E-state index contributed by atoms with van der Waals surface area (Å²) in [5.74, 6) is 0. The van der Waals surface area contributed by atoms with Crippen LogP contribution in [0.4, 0.5) is 11.4 Å². The first kappa shape index (κ1) is 26.1. The Kier molecular flexibility index (Phi) is 6.17. The second-order valence-electron chi connectivity index (χ2n) is 11.6. The van der Waals surface area contributed by atoms with Gasteiger partial charge in [0.15, 0.2) is 5.58 Å². The summed E-state index contributed by atoms with van der Waals surface area (Å²) >= 11 is 1.86. The molecule has 9 rings (SSSR count). The summed E-state index contributed by atoms with van der Waals surface area (Å²) in [6, 6.07) is 52.0. The highest BCUT2D eigenvalue weighted by Gasteiger charge is 2.29. The number of thiophene rings is 1. The van der Waals surface area contributed by atoms with E-state index >= 15 is 0 Å². The summed E-state index contributed by atoms with van der Waals surface area (Å²) in [5.41, 5.74) is 9.08. The fourth-order valence-electron chi connectivity index (χ4n) is 6.96. The van der Waals surface area contributed by atoms with Crippen molar-refractivity contribution in [3.8, 4) is 0 Å². The molecule has 0 fully saturated rings. The molecule has 45 heavy (non-hydrogen) atoms. The summed E-state index contributed by atoms with van der Waals surface area (Å²) in [6.45, 7) is 0. The Hall–Kier alpha value is -5.38. The van der Waals surface area contributed by atoms with Gasteiger partial charge in [0.2, 0.25) is 0 Å². The average molecular weight is 596 g/mol. The van der Waals surface area contributed by atoms with Gasteiger partial charge in [-0.25, -0.2) is 0 Å². The maximum Gasteiger partial charge on any atom is 0.160 e. The number of hydrogen-bond donors (Lipinski definition) is 0. The second kappa shape index (κ2) is 10.7. The first-order chi connectivity index (χ1) is 22.3. The normalized spacial score (nSPS) is 15.1. The summed E-state index contributed by atoms with van der Waals surface area (Å²) in [4.78, 5) is 2.50. The highest BCUT2D eigenvalue weighted by Crippen LogP contribution is 2.49. The number of anilines is 2. The van der Waals surface area contributed by atoms with E-state index in [4.69, 9.17) is 4.42 Å². The second-order valence-corrected chi connectivity index (χ2v) is 12.7. The van der Waals surface area contributed by atoms with Gasteiger partial charge >= 0.3 is 0 Å². The van der Waals surface area contributed by atoms with E-state index in [1.807, 2.05) is 11.3 Å². The summed E-state index contributed by atoms with van der Waals surface area (Å²) < 4.78 is 9.39. The van der Waals surface area contributed by atoms with Crippen molar-refractivity contribution in [2.24, 2.45) is 0 Å². The Labute approximate surface area is 265 Å². The molecular weight excluding hydrogens is 567 g/mol. The van der Waals surface area contributed by atoms with Gasteiger partial charge in [-0.3, -0.25) is 0 Å². The molecule has 1 atom stereocenters. The minimum Gasteiger partial charge on any atom is -0.454 e. The van der Waals surface area contributed by atoms with Gasteiger partial charge in [0.05, 0.1) is 11.7 Å². The van der Waals surface area contributed by atoms with Crippen LogP contribution in [0, 0.1) is 0 Å². The monoisotopic (exact) mass is 595 g/mol. The lowest BCUT2D eigenvalue weighted by atomic mass is 9.85. The van der Waals surface area contributed by atoms with E-state index in [1.165, 1.54) is 47.8 Å². The lowest BCUT2D eigenvalue weighted by Crippen LogP contribution is -2.31. The highest BCUT2D eigenvalue weighted by molar-refractivity contribution is 7.26. The first-order valence-corrected chi connectivity index (χ1v) is 16.3. The molecule has 2 aromatic heterocycles. The summed E-state index contributed by atoms with van der Waals surface area (Å²) in [6.07, 6.45) is 5.75. The van der Waals surface area contributed by atoms with Gasteiger partial charge < -0.3 is 9.32 Å². The fraction of sp³-hybridized carbons (Fsp3) is 0.0476. The van der Waals surface area contributed by atoms with E-state index in [0.29, 0.717) is 0 Å². The molecule has 6 aromatic carbocycles. The number of fused-ring (bicyclic) bond motifs is 7. The van der Waals surface area contributed by atoms with Crippen LogP contribution >= 0.6 is 11.3 Å². The quantitative estimate of drug-likeness (QED) is 0.197. The van der Waals surface area contributed by atoms with E-state index in [2.05, 4.69) is 163 Å². The molecule has 3 heteroatoms. The molecule has 1 unspecified atom stereocenters. The summed E-state index contributed by atoms with van der Waals surface area (Å²) in [7, 11) is 0. The zero-order chi connectivity index (χ0) is 29.7. The number of hydrogen-bond acceptors (Lipinski definition) is 3. The Balaban J connectivity index is 1.33. The maximum absolute atomic E-state index is 6.81. The average Bonchev–Trinajstić information content (AvgIpc) is 3.68. The van der Waals surface area contributed by atoms with Gasteiger partial charge in [-0.15, -0.1) is 11.3 Å². The molecule has 0 bridgehead atoms. The van der Waals surface area contributed by atoms with Crippen molar-refractivity contribution >= 4 is 76.0 Å². The first-order valence-electron chi connectivity index (χ1n) is 15.5. The molecular formula is C42H29NOS. The fourth-order valence-corrected chi connectivity index (χ4v) is 8.20. The third-order valence-corrected chi connectivity index (χ3v) is 10.2. The third-order valence-electron chi connectivity index (χ3n) is 8.98. The zero-order valence-electron chi connectivity index (χ0n) is 24.6. The van der Waals surface area contributed by atoms with Gasteiger partial charge in [-0.05, 0) is 59.0 Å². The van der Waals surface area contributed by atoms with Crippen molar-refractivity contribution in [2.45, 2.75) is 12.5 Å². The predicted octanol–water partition coefficient (Wildman–Crippen LogP) is 12.0. The lowest BCUT2D eigenvalue weighted by molar-refractivity contribution is 0.665. The molecule has 0 saturated heterocycles. The molecule has 2 heterocycles. The molecule has 0 amide bonds. The van der Waals surface area contributed by atoms with Crippen molar-refractivity contribution in [3.63, 3.8) is 0 Å². The van der Waals surface area contributed by atoms with Crippen molar-refractivity contribution in [1.29, 1.82) is 0 Å². The van der Waals surface area contributed by atoms with E-state index in [1.54, 1.807) is 0 Å². The predicted molar refractivity (Wildman–Crippen MR) is 192 cm³/mol. The van der Waals surface area contributed by atoms with Gasteiger partial charge in [0.25, 0.3) is 0 Å². The van der Waals surface area contributed by atoms with Crippen LogP contribution in [0.2, 0.25) is 0 Å². The van der Waals surface area contributed by atoms with Crippen molar-refractivity contribution in [2.75, 3.05) is 4.90 Å². The van der Waals surface area contributed by atoms with E-state index in [-0.39, 0.29) is 6.04 Å². The van der Waals surface area contributed by atoms with Gasteiger partial charge in [0.1, 0.15) is 5.58 Å². The minimum atomic E-state index is 0.0637. The molecule has 0 aliphatic heterocycles. The van der Waals surface area contributed by atoms with E-state index in [9.17, 15) is 0 Å². The van der Waals surface area contributed by atoms with Crippen LogP contribution in [-0.4, -0.2) is 6.04 Å². The van der Waals surface area contributed by atoms with E-state index < -0.39 is 0 Å². The third kappa shape index (κ3) is 4.31. The topological polar surface area (TPSA) is 16.4 Å². The van der Waals surface area contributed by atoms with Crippen molar-refractivity contribution < 1.29 is 4.42 Å². The molecule has 1 aliphatic carbocycles. The molecule has 0 radical (unpaired) electrons. The number of furan rings is 1. The minimum absolute atomic E-state index is 0.0637. The number of allylic oxidation sites excluding steroid dienone is 2. The van der Waals surface area contributed by atoms with Gasteiger partial charge in [-0.2, -0.15) is 0 Å². The smallest absolute Gasteiger partial charge is 0.160 e. The Morgan fingerprint density at radius 3 is 1.98 bits per heavy atom. The summed E-state index contributed by atoms with van der Waals surface area (Å²) in [5, 5.41) is 4.92. The van der Waals surface area contributed by atoms with Crippen LogP contribution in [0.3, 0.4) is 0 Å². The van der Waals surface area contributed by atoms with Crippen LogP contribution in [0.5, 0.6) is 0 Å². The molecule has 1 aliphatic rings. The Morgan fingerprint density at radius 2 is 1.22 bits per heavy atom. The zero-order valence-corrected chi connectivity index (χ0v) is 25.4. The number of nitrogens with zero attached hydrogens (tertiary/aromatic N) is 1. The molecule has 0 N–H and O–H groups in total. The standard InChI is InChI=1S/C42H29NOS/c1-4-14-28(15-5-1)32-25-24-31(26-35(32)29-16-6-2-7-17-29)43(30-18-8-3-9-19-30)37-27-36-33-20-11-13-23-39(33)45-42(36)40-34-21-10-12-22-38(34)44-41(37)40/h1-23,25-27,31H,24H2. The van der Waals surface area contributed by atoms with Crippen molar-refractivity contribution in [3.05, 3.63) is 169 Å². The maximum atomic E-state index is 6.81. The molecule has 8 aromatic rings. The van der Waals surface area contributed by atoms with E-state index in [0.717, 1.165) is 34.3 Å². The molecule has 0 spiro atoms. The van der Waals surface area contributed by atoms with Crippen LogP contribution < -0.4 is 4.90 Å². The lowest BCUT2D eigenvalue weighted by Gasteiger charge is -2.35. The largest absolute Gasteiger partial charge is 0.454 e. The highest BCUT2D eigenvalue weighted by atomic mass is 32.1. The molecule has 2 nitrogen and oxygen atoms in total. The number of para-hydroxylation sites is 2. The molecule has 0 saturated carbocycles. The van der Waals surface area contributed by atoms with Gasteiger partial charge in [0, 0.05) is 36.6 Å². The number of benzene rings is 6. The van der Waals surface area contributed by atoms with Crippen LogP contribution in [-0.2, 0) is 0 Å². The SMILES string of the molecule is C1=C(c2ccccc2)C(c2ccccc2)=CC(N(c2ccccc2)c2cc3c4ccccc4sc3c3c2oc2ccccc23)C1. The Bertz CT molecular complexity index is 2400. The number of rotatable bonds is 5. The van der Waals surface area contributed by atoms with Gasteiger partial charge in [-0.1, -0.05) is 127 Å². The van der Waals surface area contributed by atoms with Crippen LogP contribution in [0.15, 0.2) is 162 Å².